The van der Waals surface area contributed by atoms with Gasteiger partial charge < -0.3 is 49.3 Å². The first kappa shape index (κ1) is 49.4. The summed E-state index contributed by atoms with van der Waals surface area (Å²) in [6, 6.07) is 22.3. The number of fused-ring (bicyclic) bond motifs is 4. The molecule has 6 atom stereocenters. The molecule has 1 spiro atoms. The summed E-state index contributed by atoms with van der Waals surface area (Å²) in [5.41, 5.74) is 5.28. The molecular weight excluding hydrogens is 933 g/mol. The van der Waals surface area contributed by atoms with E-state index in [-0.39, 0.29) is 83.1 Å². The summed E-state index contributed by atoms with van der Waals surface area (Å²) in [6.07, 6.45) is 27.9. The van der Waals surface area contributed by atoms with Gasteiger partial charge in [0.1, 0.15) is 40.7 Å². The fourth-order valence-corrected chi connectivity index (χ4v) is 11.7. The number of Topliss-reactive ketones (excluding diaryl/α,β-unsaturated/α-hetero) is 2. The zero-order chi connectivity index (χ0) is 51.5. The van der Waals surface area contributed by atoms with E-state index in [1.54, 1.807) is 37.3 Å². The number of aromatic hydroxyl groups is 3. The lowest BCUT2D eigenvalue weighted by Crippen LogP contribution is -2.38. The topological polar surface area (TPSA) is 176 Å². The summed E-state index contributed by atoms with van der Waals surface area (Å²) < 4.78 is 20.0. The van der Waals surface area contributed by atoms with Crippen molar-refractivity contribution >= 4 is 34.0 Å². The predicted octanol–water partition coefficient (Wildman–Crippen LogP) is 11.5. The standard InChI is InChI=1S/C61H62N4O9/c1-38(66)21-25-65-55-18-7-11-42-36-64(37-53(42)55)56(43-28-57(71)60(58(29-43)72-3)74-49-16-9-15-47(69)31-49)33-48(70)32-50(73-39(2)67)19-23-61-22-5-4-12-45(61)13-8-17-54(61)52-35-62-34-44(52)27-51(40-10-6-14-46(68)26-40)41-20-24-63-59(65)30-41/h4-12,14-18,20,22,26,28-31,34-37,45,50-51,54,56,62-63,68-69,71H,13,19,21,23-25,27,32-33H2,1-3H3/t45-,50-,51-,54-,56+,61-/m1/s1. The maximum atomic E-state index is 14.9. The Hall–Kier alpha value is -8.19. The predicted molar refractivity (Wildman–Crippen MR) is 285 cm³/mol. The molecule has 0 saturated heterocycles. The highest BCUT2D eigenvalue weighted by Crippen LogP contribution is 2.55. The van der Waals surface area contributed by atoms with Crippen LogP contribution in [0.4, 0.5) is 5.69 Å². The zero-order valence-corrected chi connectivity index (χ0v) is 41.9. The van der Waals surface area contributed by atoms with Crippen molar-refractivity contribution in [3.63, 3.8) is 0 Å². The number of phenolic OH excluding ortho intramolecular Hbond substituents is 3. The smallest absolute Gasteiger partial charge is 0.302 e. The molecule has 4 aliphatic rings. The molecule has 0 saturated carbocycles. The van der Waals surface area contributed by atoms with Gasteiger partial charge in [0.2, 0.25) is 5.75 Å². The van der Waals surface area contributed by atoms with Crippen LogP contribution in [0, 0.1) is 11.3 Å². The molecule has 4 heterocycles. The van der Waals surface area contributed by atoms with Crippen LogP contribution in [0.25, 0.3) is 10.8 Å². The van der Waals surface area contributed by atoms with Crippen LogP contribution in [0.1, 0.15) is 92.5 Å². The summed E-state index contributed by atoms with van der Waals surface area (Å²) in [6.45, 7) is 3.86. The number of hydrogen-bond donors (Lipinski definition) is 5. The van der Waals surface area contributed by atoms with Crippen LogP contribution >= 0.6 is 0 Å². The lowest BCUT2D eigenvalue weighted by atomic mass is 9.57. The maximum absolute atomic E-state index is 14.9. The number of carbonyl (C=O) groups is 3. The van der Waals surface area contributed by atoms with Crippen molar-refractivity contribution in [2.24, 2.45) is 11.3 Å². The van der Waals surface area contributed by atoms with E-state index in [1.807, 2.05) is 47.3 Å². The molecular formula is C61H62N4O9. The van der Waals surface area contributed by atoms with Crippen molar-refractivity contribution in [3.8, 4) is 34.5 Å². The minimum atomic E-state index is -0.728. The average molecular weight is 995 g/mol. The van der Waals surface area contributed by atoms with Crippen LogP contribution in [0.3, 0.4) is 0 Å². The first-order valence-electron chi connectivity index (χ1n) is 25.4. The third-order valence-electron chi connectivity index (χ3n) is 15.2. The van der Waals surface area contributed by atoms with Gasteiger partial charge in [0.25, 0.3) is 0 Å². The Kier molecular flexibility index (Phi) is 14.1. The van der Waals surface area contributed by atoms with Gasteiger partial charge in [0, 0.05) is 98.2 Å². The van der Waals surface area contributed by atoms with Crippen molar-refractivity contribution in [2.45, 2.75) is 82.8 Å². The normalized spacial score (nSPS) is 22.8. The van der Waals surface area contributed by atoms with Gasteiger partial charge in [-0.05, 0) is 115 Å². The molecule has 6 aromatic rings. The lowest BCUT2D eigenvalue weighted by molar-refractivity contribution is -0.148. The largest absolute Gasteiger partial charge is 0.508 e. The van der Waals surface area contributed by atoms with E-state index < -0.39 is 23.5 Å². The molecule has 74 heavy (non-hydrogen) atoms. The number of phenols is 3. The van der Waals surface area contributed by atoms with Gasteiger partial charge in [-0.3, -0.25) is 14.4 Å². The number of aromatic nitrogens is 2. The second-order valence-corrected chi connectivity index (χ2v) is 20.0. The summed E-state index contributed by atoms with van der Waals surface area (Å²) in [7, 11) is 1.47. The summed E-state index contributed by atoms with van der Waals surface area (Å²) >= 11 is 0. The summed E-state index contributed by atoms with van der Waals surface area (Å²) in [5, 5.41) is 38.2. The van der Waals surface area contributed by atoms with Crippen LogP contribution in [0.15, 0.2) is 164 Å². The number of hydrogen-bond acceptors (Lipinski definition) is 11. The third kappa shape index (κ3) is 10.2. The molecule has 10 rings (SSSR count). The van der Waals surface area contributed by atoms with Crippen molar-refractivity contribution < 1.29 is 43.9 Å². The minimum Gasteiger partial charge on any atom is -0.508 e. The number of methoxy groups -OCH3 is 1. The van der Waals surface area contributed by atoms with Gasteiger partial charge in [-0.2, -0.15) is 0 Å². The number of nitrogens with zero attached hydrogens (tertiary/aromatic N) is 2. The quantitative estimate of drug-likeness (QED) is 0.0688. The molecule has 0 unspecified atom stereocenters. The number of nitrogens with one attached hydrogen (secondary N) is 2. The summed E-state index contributed by atoms with van der Waals surface area (Å²) in [4.78, 5) is 46.3. The maximum Gasteiger partial charge on any atom is 0.302 e. The highest BCUT2D eigenvalue weighted by atomic mass is 16.5. The average Bonchev–Trinajstić information content (AvgIpc) is 4.04. The minimum absolute atomic E-state index is 0.0116. The van der Waals surface area contributed by atoms with Crippen molar-refractivity contribution in [1.29, 1.82) is 0 Å². The van der Waals surface area contributed by atoms with Crippen LogP contribution in [0.5, 0.6) is 34.5 Å². The number of esters is 1. The SMILES string of the molecule is COc1cc([C@@H]2CC(=O)C[C@H](OC(C)=O)CC[C@]34C=CC=C[C@@H]3CC=C[C@@H]4c3c[nH]cc3C[C@H](c3cccc(O)c3)C3=CCNC(=C3)N(CCC(C)=O)c3cccc4cn2cc34)cc(O)c1Oc1cccc(O)c1. The Morgan fingerprint density at radius 1 is 0.878 bits per heavy atom. The monoisotopic (exact) mass is 994 g/mol. The molecule has 380 valence electrons. The fraction of sp³-hybridized carbons (Fsp3) is 0.295. The summed E-state index contributed by atoms with van der Waals surface area (Å²) in [5.74, 6) is 0.570. The van der Waals surface area contributed by atoms with Gasteiger partial charge in [0.15, 0.2) is 11.5 Å². The number of carbonyl (C=O) groups excluding carboxylic acids is 3. The number of anilines is 1. The van der Waals surface area contributed by atoms with E-state index in [2.05, 4.69) is 82.3 Å². The Morgan fingerprint density at radius 3 is 2.50 bits per heavy atom. The van der Waals surface area contributed by atoms with Crippen LogP contribution < -0.4 is 19.7 Å². The highest BCUT2D eigenvalue weighted by molar-refractivity contribution is 5.95. The molecule has 4 aromatic carbocycles. The second kappa shape index (κ2) is 21.1. The highest BCUT2D eigenvalue weighted by Gasteiger charge is 2.46. The van der Waals surface area contributed by atoms with E-state index >= 15 is 0 Å². The number of aromatic amines is 1. The van der Waals surface area contributed by atoms with Gasteiger partial charge in [0.05, 0.1) is 18.8 Å². The van der Waals surface area contributed by atoms with Crippen LogP contribution in [0.2, 0.25) is 0 Å². The number of H-pyrrole nitrogens is 1. The van der Waals surface area contributed by atoms with Gasteiger partial charge in [-0.1, -0.05) is 72.9 Å². The number of benzene rings is 4. The lowest BCUT2D eigenvalue weighted by Gasteiger charge is -2.47. The molecule has 13 nitrogen and oxygen atoms in total. The first-order valence-corrected chi connectivity index (χ1v) is 25.4. The second-order valence-electron chi connectivity index (χ2n) is 20.0. The molecule has 2 aromatic heterocycles. The molecule has 0 radical (unpaired) electrons. The number of ether oxygens (including phenoxy) is 3. The van der Waals surface area contributed by atoms with E-state index in [1.165, 1.54) is 26.2 Å². The van der Waals surface area contributed by atoms with E-state index in [0.29, 0.717) is 37.9 Å². The van der Waals surface area contributed by atoms with E-state index in [9.17, 15) is 29.7 Å². The van der Waals surface area contributed by atoms with E-state index in [4.69, 9.17) is 14.2 Å². The third-order valence-corrected chi connectivity index (χ3v) is 15.2. The molecule has 13 heteroatoms. The van der Waals surface area contributed by atoms with Crippen molar-refractivity contribution in [1.82, 2.24) is 14.9 Å². The molecule has 2 aliphatic carbocycles. The number of dihydropyridines is 1. The van der Waals surface area contributed by atoms with Gasteiger partial charge in [-0.25, -0.2) is 0 Å². The van der Waals surface area contributed by atoms with Gasteiger partial charge >= 0.3 is 5.97 Å². The molecule has 4 bridgehead atoms. The molecule has 0 fully saturated rings. The number of allylic oxidation sites excluding steroid dienone is 8. The molecule has 0 amide bonds. The van der Waals surface area contributed by atoms with Crippen molar-refractivity contribution in [3.05, 3.63) is 186 Å². The fourth-order valence-electron chi connectivity index (χ4n) is 11.7. The number of ketones is 2. The Labute approximate surface area is 430 Å². The van der Waals surface area contributed by atoms with E-state index in [0.717, 1.165) is 51.0 Å². The Bertz CT molecular complexity index is 3270. The molecule has 2 aliphatic heterocycles. The van der Waals surface area contributed by atoms with Gasteiger partial charge in [-0.15, -0.1) is 0 Å². The van der Waals surface area contributed by atoms with Crippen LogP contribution in [-0.4, -0.2) is 68.7 Å². The Morgan fingerprint density at radius 2 is 1.70 bits per heavy atom. The zero-order valence-electron chi connectivity index (χ0n) is 41.9. The van der Waals surface area contributed by atoms with Crippen molar-refractivity contribution in [2.75, 3.05) is 25.1 Å². The molecule has 5 N–H and O–H groups in total. The first-order chi connectivity index (χ1) is 35.8. The number of rotatable bonds is 9. The Balaban J connectivity index is 1.14. The van der Waals surface area contributed by atoms with Crippen LogP contribution in [-0.2, 0) is 25.5 Å².